The van der Waals surface area contributed by atoms with Gasteiger partial charge in [-0.1, -0.05) is 0 Å². The van der Waals surface area contributed by atoms with Crippen molar-refractivity contribution < 1.29 is 19.2 Å². The van der Waals surface area contributed by atoms with Crippen LogP contribution in [-0.4, -0.2) is 38.1 Å². The van der Waals surface area contributed by atoms with Crippen LogP contribution in [0.3, 0.4) is 0 Å². The van der Waals surface area contributed by atoms with Gasteiger partial charge in [0.2, 0.25) is 5.91 Å². The predicted octanol–water partition coefficient (Wildman–Crippen LogP) is 2.59. The third kappa shape index (κ3) is 4.86. The zero-order valence-electron chi connectivity index (χ0n) is 15.8. The SMILES string of the molecule is CCOC(=O)c1c(NC(=O)CC[NH+]2CCCCCC2)sc2c1CCCC2. The molecule has 1 aliphatic heterocycles. The summed E-state index contributed by atoms with van der Waals surface area (Å²) in [6.07, 6.45) is 9.85. The van der Waals surface area contributed by atoms with E-state index in [4.69, 9.17) is 4.74 Å². The van der Waals surface area contributed by atoms with Crippen LogP contribution >= 0.6 is 11.3 Å². The van der Waals surface area contributed by atoms with Crippen molar-refractivity contribution in [1.82, 2.24) is 0 Å². The van der Waals surface area contributed by atoms with Crippen molar-refractivity contribution in [2.75, 3.05) is 31.6 Å². The third-order valence-corrected chi connectivity index (χ3v) is 6.63. The lowest BCUT2D eigenvalue weighted by Crippen LogP contribution is -3.12. The Morgan fingerprint density at radius 3 is 2.54 bits per heavy atom. The molecule has 3 rings (SSSR count). The molecule has 2 aliphatic rings. The first-order chi connectivity index (χ1) is 12.7. The van der Waals surface area contributed by atoms with Gasteiger partial charge in [-0.15, -0.1) is 11.3 Å². The fourth-order valence-electron chi connectivity index (χ4n) is 4.03. The van der Waals surface area contributed by atoms with Crippen LogP contribution in [0, 0.1) is 0 Å². The number of aryl methyl sites for hydroxylation is 1. The van der Waals surface area contributed by atoms with Crippen molar-refractivity contribution in [2.45, 2.75) is 64.7 Å². The average Bonchev–Trinajstić information content (AvgIpc) is 2.79. The van der Waals surface area contributed by atoms with Gasteiger partial charge in [-0.2, -0.15) is 0 Å². The van der Waals surface area contributed by atoms with Crippen molar-refractivity contribution in [1.29, 1.82) is 0 Å². The number of amides is 1. The Bertz CT molecular complexity index is 633. The number of esters is 1. The molecule has 0 aromatic carbocycles. The molecule has 0 saturated carbocycles. The van der Waals surface area contributed by atoms with Gasteiger partial charge in [0.15, 0.2) is 0 Å². The van der Waals surface area contributed by atoms with Crippen LogP contribution in [0.25, 0.3) is 0 Å². The highest BCUT2D eigenvalue weighted by atomic mass is 32.1. The number of ether oxygens (including phenoxy) is 1. The molecule has 1 amide bonds. The highest BCUT2D eigenvalue weighted by Gasteiger charge is 2.27. The lowest BCUT2D eigenvalue weighted by Gasteiger charge is -2.16. The number of hydrogen-bond donors (Lipinski definition) is 2. The van der Waals surface area contributed by atoms with Gasteiger partial charge < -0.3 is 15.0 Å². The standard InChI is InChI=1S/C20H30N2O3S/c1-2-25-20(24)18-15-9-5-6-10-16(15)26-19(18)21-17(23)11-14-22-12-7-3-4-8-13-22/h2-14H2,1H3,(H,21,23)/p+1. The third-order valence-electron chi connectivity index (χ3n) is 5.42. The Morgan fingerprint density at radius 1 is 1.08 bits per heavy atom. The molecule has 1 aliphatic carbocycles. The number of nitrogens with one attached hydrogen (secondary N) is 2. The summed E-state index contributed by atoms with van der Waals surface area (Å²) in [7, 11) is 0. The van der Waals surface area contributed by atoms with Crippen LogP contribution in [-0.2, 0) is 22.4 Å². The summed E-state index contributed by atoms with van der Waals surface area (Å²) in [5.41, 5.74) is 1.72. The van der Waals surface area contributed by atoms with Crippen LogP contribution in [0.1, 0.15) is 72.7 Å². The van der Waals surface area contributed by atoms with Crippen molar-refractivity contribution in [3.05, 3.63) is 16.0 Å². The van der Waals surface area contributed by atoms with Gasteiger partial charge in [-0.05, 0) is 63.9 Å². The molecule has 2 N–H and O–H groups in total. The fourth-order valence-corrected chi connectivity index (χ4v) is 5.32. The lowest BCUT2D eigenvalue weighted by atomic mass is 9.95. The fraction of sp³-hybridized carbons (Fsp3) is 0.700. The summed E-state index contributed by atoms with van der Waals surface area (Å²) in [5, 5.41) is 3.73. The molecule has 1 fully saturated rings. The van der Waals surface area contributed by atoms with E-state index in [1.165, 1.54) is 48.5 Å². The molecule has 1 aromatic heterocycles. The van der Waals surface area contributed by atoms with E-state index in [1.54, 1.807) is 11.3 Å². The molecular weight excluding hydrogens is 348 g/mol. The molecule has 0 atom stereocenters. The number of anilines is 1. The van der Waals surface area contributed by atoms with Gasteiger partial charge >= 0.3 is 5.97 Å². The van der Waals surface area contributed by atoms with E-state index < -0.39 is 0 Å². The number of carbonyl (C=O) groups excluding carboxylic acids is 2. The molecule has 0 radical (unpaired) electrons. The molecule has 1 aromatic rings. The maximum absolute atomic E-state index is 12.5. The van der Waals surface area contributed by atoms with E-state index in [0.717, 1.165) is 37.8 Å². The minimum absolute atomic E-state index is 0.0193. The quantitative estimate of drug-likeness (QED) is 0.747. The van der Waals surface area contributed by atoms with E-state index in [0.29, 0.717) is 23.6 Å². The second-order valence-corrected chi connectivity index (χ2v) is 8.45. The van der Waals surface area contributed by atoms with E-state index in [9.17, 15) is 9.59 Å². The number of carbonyl (C=O) groups is 2. The molecule has 1 saturated heterocycles. The zero-order chi connectivity index (χ0) is 18.4. The normalized spacial score (nSPS) is 18.0. The minimum Gasteiger partial charge on any atom is -0.462 e. The summed E-state index contributed by atoms with van der Waals surface area (Å²) in [6, 6.07) is 0. The summed E-state index contributed by atoms with van der Waals surface area (Å²) in [5.74, 6) is -0.272. The topological polar surface area (TPSA) is 59.8 Å². The Labute approximate surface area is 160 Å². The second kappa shape index (κ2) is 9.51. The van der Waals surface area contributed by atoms with Crippen LogP contribution in [0.15, 0.2) is 0 Å². The number of hydrogen-bond acceptors (Lipinski definition) is 4. The predicted molar refractivity (Wildman–Crippen MR) is 104 cm³/mol. The highest BCUT2D eigenvalue weighted by Crippen LogP contribution is 2.38. The average molecular weight is 380 g/mol. The number of quaternary nitrogens is 1. The van der Waals surface area contributed by atoms with Gasteiger partial charge in [0.25, 0.3) is 0 Å². The minimum atomic E-state index is -0.291. The number of likely N-dealkylation sites (tertiary alicyclic amines) is 1. The maximum Gasteiger partial charge on any atom is 0.341 e. The Balaban J connectivity index is 1.65. The van der Waals surface area contributed by atoms with Crippen molar-refractivity contribution in [3.8, 4) is 0 Å². The van der Waals surface area contributed by atoms with Crippen LogP contribution in [0.5, 0.6) is 0 Å². The van der Waals surface area contributed by atoms with Crippen molar-refractivity contribution >= 4 is 28.2 Å². The van der Waals surface area contributed by atoms with Gasteiger partial charge in [-0.25, -0.2) is 4.79 Å². The molecule has 144 valence electrons. The number of thiophene rings is 1. The van der Waals surface area contributed by atoms with E-state index in [-0.39, 0.29) is 11.9 Å². The largest absolute Gasteiger partial charge is 0.462 e. The molecule has 0 bridgehead atoms. The van der Waals surface area contributed by atoms with Gasteiger partial charge in [0.1, 0.15) is 5.00 Å². The summed E-state index contributed by atoms with van der Waals surface area (Å²) >= 11 is 1.57. The first-order valence-corrected chi connectivity index (χ1v) is 11.0. The second-order valence-electron chi connectivity index (χ2n) is 7.35. The van der Waals surface area contributed by atoms with Crippen molar-refractivity contribution in [3.63, 3.8) is 0 Å². The van der Waals surface area contributed by atoms with Gasteiger partial charge in [0.05, 0.1) is 38.2 Å². The van der Waals surface area contributed by atoms with Crippen LogP contribution < -0.4 is 10.2 Å². The van der Waals surface area contributed by atoms with E-state index in [2.05, 4.69) is 5.32 Å². The monoisotopic (exact) mass is 379 g/mol. The summed E-state index contributed by atoms with van der Waals surface area (Å²) in [4.78, 5) is 27.7. The number of fused-ring (bicyclic) bond motifs is 1. The summed E-state index contributed by atoms with van der Waals surface area (Å²) < 4.78 is 5.26. The van der Waals surface area contributed by atoms with Gasteiger partial charge in [0, 0.05) is 4.88 Å². The molecule has 0 spiro atoms. The summed E-state index contributed by atoms with van der Waals surface area (Å²) in [6.45, 7) is 5.41. The first-order valence-electron chi connectivity index (χ1n) is 10.1. The van der Waals surface area contributed by atoms with Crippen LogP contribution in [0.4, 0.5) is 5.00 Å². The molecule has 26 heavy (non-hydrogen) atoms. The molecular formula is C20H31N2O3S+. The lowest BCUT2D eigenvalue weighted by molar-refractivity contribution is -0.898. The molecule has 2 heterocycles. The molecule has 6 heteroatoms. The van der Waals surface area contributed by atoms with Crippen LogP contribution in [0.2, 0.25) is 0 Å². The van der Waals surface area contributed by atoms with E-state index in [1.807, 2.05) is 6.92 Å². The zero-order valence-corrected chi connectivity index (χ0v) is 16.6. The van der Waals surface area contributed by atoms with Gasteiger partial charge in [-0.3, -0.25) is 4.79 Å². The highest BCUT2D eigenvalue weighted by molar-refractivity contribution is 7.17. The van der Waals surface area contributed by atoms with E-state index >= 15 is 0 Å². The first kappa shape index (κ1) is 19.4. The number of rotatable bonds is 6. The Hall–Kier alpha value is -1.40. The Kier molecular flexibility index (Phi) is 7.08. The molecule has 0 unspecified atom stereocenters. The Morgan fingerprint density at radius 2 is 1.81 bits per heavy atom. The molecule has 5 nitrogen and oxygen atoms in total. The smallest absolute Gasteiger partial charge is 0.341 e. The maximum atomic E-state index is 12.5. The van der Waals surface area contributed by atoms with Crippen molar-refractivity contribution in [2.24, 2.45) is 0 Å².